The number of carbonyl (C=O) groups is 2. The Balaban J connectivity index is 2.12. The zero-order valence-electron chi connectivity index (χ0n) is 14.8. The number of nitrogens with one attached hydrogen (secondary N) is 1. The summed E-state index contributed by atoms with van der Waals surface area (Å²) in [7, 11) is 1.51. The van der Waals surface area contributed by atoms with Crippen molar-refractivity contribution in [3.05, 3.63) is 39.7 Å². The Bertz CT molecular complexity index is 898. The van der Waals surface area contributed by atoms with Gasteiger partial charge >= 0.3 is 11.6 Å². The number of carboxylic acid groups (broad SMARTS) is 1. The molecule has 0 spiro atoms. The van der Waals surface area contributed by atoms with E-state index in [2.05, 4.69) is 5.32 Å². The van der Waals surface area contributed by atoms with E-state index in [0.717, 1.165) is 12.3 Å². The van der Waals surface area contributed by atoms with Crippen LogP contribution < -0.4 is 15.7 Å². The van der Waals surface area contributed by atoms with Crippen LogP contribution in [0, 0.1) is 6.92 Å². The standard InChI is InChI=1S/C18H21NO7/c1-10-12-5-4-11(25-3)8-14(12)26-16(21)13(10)6-7-15(20)19-9-18(2,24)17(22)23/h4-5,8,24H,6-7,9H2,1-3H3,(H,19,20)(H,22,23). The molecule has 8 nitrogen and oxygen atoms in total. The third-order valence-corrected chi connectivity index (χ3v) is 4.19. The first kappa shape index (κ1) is 19.5. The number of aryl methyl sites for hydroxylation is 1. The Labute approximate surface area is 149 Å². The van der Waals surface area contributed by atoms with E-state index in [1.54, 1.807) is 25.1 Å². The highest BCUT2D eigenvalue weighted by Crippen LogP contribution is 2.24. The van der Waals surface area contributed by atoms with E-state index in [-0.39, 0.29) is 12.8 Å². The summed E-state index contributed by atoms with van der Waals surface area (Å²) in [6, 6.07) is 5.15. The lowest BCUT2D eigenvalue weighted by atomic mass is 10.0. The molecule has 8 heteroatoms. The van der Waals surface area contributed by atoms with Gasteiger partial charge in [-0.15, -0.1) is 0 Å². The smallest absolute Gasteiger partial charge is 0.339 e. The van der Waals surface area contributed by atoms with Gasteiger partial charge in [-0.25, -0.2) is 9.59 Å². The van der Waals surface area contributed by atoms with Gasteiger partial charge in [0.2, 0.25) is 5.91 Å². The average Bonchev–Trinajstić information content (AvgIpc) is 2.59. The Morgan fingerprint density at radius 2 is 2.04 bits per heavy atom. The average molecular weight is 363 g/mol. The van der Waals surface area contributed by atoms with E-state index in [4.69, 9.17) is 14.3 Å². The topological polar surface area (TPSA) is 126 Å². The second-order valence-electron chi connectivity index (χ2n) is 6.21. The van der Waals surface area contributed by atoms with Crippen molar-refractivity contribution in [2.75, 3.05) is 13.7 Å². The number of methoxy groups -OCH3 is 1. The number of hydrogen-bond acceptors (Lipinski definition) is 6. The number of carbonyl (C=O) groups excluding carboxylic acids is 1. The summed E-state index contributed by atoms with van der Waals surface area (Å²) in [5.41, 5.74) is -1.09. The summed E-state index contributed by atoms with van der Waals surface area (Å²) >= 11 is 0. The minimum absolute atomic E-state index is 0.0387. The minimum atomic E-state index is -2.05. The number of carboxylic acids is 1. The van der Waals surface area contributed by atoms with Crippen LogP contribution in [0.25, 0.3) is 11.0 Å². The molecular weight excluding hydrogens is 342 g/mol. The molecule has 0 radical (unpaired) electrons. The number of aliphatic carboxylic acids is 1. The highest BCUT2D eigenvalue weighted by Gasteiger charge is 2.30. The Kier molecular flexibility index (Phi) is 5.66. The summed E-state index contributed by atoms with van der Waals surface area (Å²) in [5, 5.41) is 21.5. The molecule has 0 aliphatic carbocycles. The maximum absolute atomic E-state index is 12.2. The minimum Gasteiger partial charge on any atom is -0.497 e. The molecule has 1 aromatic heterocycles. The molecule has 0 aliphatic heterocycles. The lowest BCUT2D eigenvalue weighted by Crippen LogP contribution is -2.46. The zero-order chi connectivity index (χ0) is 19.5. The van der Waals surface area contributed by atoms with Crippen molar-refractivity contribution in [1.29, 1.82) is 0 Å². The highest BCUT2D eigenvalue weighted by molar-refractivity contribution is 5.83. The van der Waals surface area contributed by atoms with E-state index < -0.39 is 29.6 Å². The van der Waals surface area contributed by atoms with Crippen molar-refractivity contribution in [3.8, 4) is 5.75 Å². The molecule has 0 aliphatic rings. The van der Waals surface area contributed by atoms with Crippen molar-refractivity contribution < 1.29 is 29.0 Å². The van der Waals surface area contributed by atoms with Crippen LogP contribution in [0.5, 0.6) is 5.75 Å². The lowest BCUT2D eigenvalue weighted by molar-refractivity contribution is -0.156. The first-order valence-electron chi connectivity index (χ1n) is 7.98. The molecule has 1 unspecified atom stereocenters. The number of hydrogen-bond donors (Lipinski definition) is 3. The van der Waals surface area contributed by atoms with E-state index in [9.17, 15) is 19.5 Å². The summed E-state index contributed by atoms with van der Waals surface area (Å²) < 4.78 is 10.4. The Morgan fingerprint density at radius 1 is 1.35 bits per heavy atom. The SMILES string of the molecule is COc1ccc2c(C)c(CCC(=O)NCC(C)(O)C(=O)O)c(=O)oc2c1. The highest BCUT2D eigenvalue weighted by atomic mass is 16.5. The summed E-state index contributed by atoms with van der Waals surface area (Å²) in [5.74, 6) is -1.34. The second-order valence-corrected chi connectivity index (χ2v) is 6.21. The number of rotatable bonds is 7. The molecule has 0 saturated heterocycles. The summed E-state index contributed by atoms with van der Waals surface area (Å²) in [6.45, 7) is 2.44. The normalized spacial score (nSPS) is 13.2. The van der Waals surface area contributed by atoms with E-state index in [1.807, 2.05) is 0 Å². The molecule has 1 aromatic carbocycles. The molecule has 26 heavy (non-hydrogen) atoms. The molecule has 1 atom stereocenters. The Hall–Kier alpha value is -2.87. The molecule has 2 rings (SSSR count). The van der Waals surface area contributed by atoms with Crippen LogP contribution in [0.4, 0.5) is 0 Å². The van der Waals surface area contributed by atoms with Crippen LogP contribution in [0.3, 0.4) is 0 Å². The van der Waals surface area contributed by atoms with Crippen LogP contribution in [-0.2, 0) is 16.0 Å². The summed E-state index contributed by atoms with van der Waals surface area (Å²) in [4.78, 5) is 34.9. The molecule has 0 bridgehead atoms. The Morgan fingerprint density at radius 3 is 2.65 bits per heavy atom. The molecule has 0 saturated carbocycles. The van der Waals surface area contributed by atoms with Crippen LogP contribution in [0.1, 0.15) is 24.5 Å². The summed E-state index contributed by atoms with van der Waals surface area (Å²) in [6.07, 6.45) is 0.0974. The van der Waals surface area contributed by atoms with Crippen LogP contribution in [0.15, 0.2) is 27.4 Å². The fraction of sp³-hybridized carbons (Fsp3) is 0.389. The van der Waals surface area contributed by atoms with E-state index in [0.29, 0.717) is 22.5 Å². The third-order valence-electron chi connectivity index (χ3n) is 4.19. The monoisotopic (exact) mass is 363 g/mol. The van der Waals surface area contributed by atoms with Gasteiger partial charge in [-0.1, -0.05) is 0 Å². The number of aliphatic hydroxyl groups is 1. The number of amides is 1. The van der Waals surface area contributed by atoms with Gasteiger partial charge < -0.3 is 24.7 Å². The van der Waals surface area contributed by atoms with Crippen molar-refractivity contribution in [1.82, 2.24) is 5.32 Å². The third kappa shape index (κ3) is 4.20. The largest absolute Gasteiger partial charge is 0.497 e. The van der Waals surface area contributed by atoms with Gasteiger partial charge in [0, 0.05) is 23.4 Å². The van der Waals surface area contributed by atoms with Crippen LogP contribution >= 0.6 is 0 Å². The van der Waals surface area contributed by atoms with Gasteiger partial charge in [0.15, 0.2) is 5.60 Å². The zero-order valence-corrected chi connectivity index (χ0v) is 14.8. The van der Waals surface area contributed by atoms with Crippen molar-refractivity contribution in [2.45, 2.75) is 32.3 Å². The maximum atomic E-state index is 12.2. The van der Waals surface area contributed by atoms with Gasteiger partial charge in [0.1, 0.15) is 11.3 Å². The molecule has 3 N–H and O–H groups in total. The molecule has 140 valence electrons. The van der Waals surface area contributed by atoms with Gasteiger partial charge in [0.25, 0.3) is 0 Å². The molecule has 1 heterocycles. The van der Waals surface area contributed by atoms with Gasteiger partial charge in [-0.2, -0.15) is 0 Å². The molecule has 2 aromatic rings. The maximum Gasteiger partial charge on any atom is 0.339 e. The molecule has 1 amide bonds. The number of fused-ring (bicyclic) bond motifs is 1. The van der Waals surface area contributed by atoms with Gasteiger partial charge in [-0.05, 0) is 38.0 Å². The van der Waals surface area contributed by atoms with E-state index >= 15 is 0 Å². The predicted molar refractivity (Wildman–Crippen MR) is 93.4 cm³/mol. The number of benzene rings is 1. The second kappa shape index (κ2) is 7.57. The first-order valence-corrected chi connectivity index (χ1v) is 7.98. The molecule has 0 fully saturated rings. The van der Waals surface area contributed by atoms with Gasteiger partial charge in [0.05, 0.1) is 13.7 Å². The van der Waals surface area contributed by atoms with Crippen LogP contribution in [-0.4, -0.2) is 41.3 Å². The quantitative estimate of drug-likeness (QED) is 0.626. The lowest BCUT2D eigenvalue weighted by Gasteiger charge is -2.18. The first-order chi connectivity index (χ1) is 12.2. The van der Waals surface area contributed by atoms with Crippen molar-refractivity contribution in [3.63, 3.8) is 0 Å². The predicted octanol–water partition coefficient (Wildman–Crippen LogP) is 0.994. The molecular formula is C18H21NO7. The van der Waals surface area contributed by atoms with Gasteiger partial charge in [-0.3, -0.25) is 4.79 Å². The van der Waals surface area contributed by atoms with Crippen LogP contribution in [0.2, 0.25) is 0 Å². The van der Waals surface area contributed by atoms with Crippen molar-refractivity contribution >= 4 is 22.8 Å². The fourth-order valence-corrected chi connectivity index (χ4v) is 2.46. The van der Waals surface area contributed by atoms with Crippen molar-refractivity contribution in [2.24, 2.45) is 0 Å². The fourth-order valence-electron chi connectivity index (χ4n) is 2.46. The van der Waals surface area contributed by atoms with E-state index in [1.165, 1.54) is 7.11 Å². The number of ether oxygens (including phenoxy) is 1.